The molecule has 0 radical (unpaired) electrons. The van der Waals surface area contributed by atoms with E-state index in [1.165, 1.54) is 0 Å². The molecule has 1 unspecified atom stereocenters. The quantitative estimate of drug-likeness (QED) is 0.694. The zero-order valence-corrected chi connectivity index (χ0v) is 7.97. The molecule has 64 valence electrons. The van der Waals surface area contributed by atoms with Crippen LogP contribution in [0.4, 0.5) is 0 Å². The summed E-state index contributed by atoms with van der Waals surface area (Å²) in [7, 11) is -3.30. The number of halogens is 2. The van der Waals surface area contributed by atoms with Crippen molar-refractivity contribution in [2.45, 2.75) is 18.7 Å². The van der Waals surface area contributed by atoms with E-state index in [4.69, 9.17) is 16.7 Å². The molecule has 0 aromatic rings. The molecule has 6 heteroatoms. The highest BCUT2D eigenvalue weighted by Crippen LogP contribution is 2.00. The van der Waals surface area contributed by atoms with Crippen molar-refractivity contribution in [3.63, 3.8) is 0 Å². The Balaban J connectivity index is 0. The van der Waals surface area contributed by atoms with Crippen LogP contribution in [0.25, 0.3) is 0 Å². The van der Waals surface area contributed by atoms with Gasteiger partial charge in [0, 0.05) is 5.38 Å². The number of sulfonamides is 1. The molecule has 0 aliphatic carbocycles. The predicted octanol–water partition coefficient (Wildman–Crippen LogP) is 0.714. The molecule has 0 saturated heterocycles. The van der Waals surface area contributed by atoms with Gasteiger partial charge in [0.25, 0.3) is 0 Å². The van der Waals surface area contributed by atoms with Crippen LogP contribution in [0.1, 0.15) is 13.3 Å². The Bertz CT molecular complexity index is 166. The molecule has 0 fully saturated rings. The van der Waals surface area contributed by atoms with Crippen molar-refractivity contribution >= 4 is 34.0 Å². The van der Waals surface area contributed by atoms with Gasteiger partial charge in [0.2, 0.25) is 10.0 Å². The third-order valence-corrected chi connectivity index (χ3v) is 1.82. The second-order valence-corrected chi connectivity index (χ2v) is 4.42. The van der Waals surface area contributed by atoms with Gasteiger partial charge < -0.3 is 0 Å². The van der Waals surface area contributed by atoms with Gasteiger partial charge in [0.05, 0.1) is 5.75 Å². The lowest BCUT2D eigenvalue weighted by Crippen LogP contribution is -2.18. The Kier molecular flexibility index (Phi) is 6.79. The number of hydrogen-bond acceptors (Lipinski definition) is 2. The van der Waals surface area contributed by atoms with Crippen molar-refractivity contribution in [3.8, 4) is 0 Å². The van der Waals surface area contributed by atoms with Gasteiger partial charge in [0.15, 0.2) is 0 Å². The summed E-state index contributed by atoms with van der Waals surface area (Å²) in [6.07, 6.45) is 0.417. The van der Waals surface area contributed by atoms with E-state index >= 15 is 0 Å². The van der Waals surface area contributed by atoms with Gasteiger partial charge in [-0.3, -0.25) is 0 Å². The molecule has 0 heterocycles. The van der Waals surface area contributed by atoms with Crippen molar-refractivity contribution < 1.29 is 8.42 Å². The van der Waals surface area contributed by atoms with Gasteiger partial charge in [-0.2, -0.15) is 0 Å². The fourth-order valence-corrected chi connectivity index (χ4v) is 1.25. The molecule has 3 nitrogen and oxygen atoms in total. The molecule has 10 heavy (non-hydrogen) atoms. The number of primary sulfonamides is 1. The molecule has 1 atom stereocenters. The molecule has 0 aromatic carbocycles. The summed E-state index contributed by atoms with van der Waals surface area (Å²) in [6.45, 7) is 1.73. The molecule has 0 amide bonds. The van der Waals surface area contributed by atoms with E-state index in [1.807, 2.05) is 0 Å². The van der Waals surface area contributed by atoms with Crippen molar-refractivity contribution in [2.75, 3.05) is 5.75 Å². The van der Waals surface area contributed by atoms with Gasteiger partial charge in [-0.05, 0) is 13.3 Å². The lowest BCUT2D eigenvalue weighted by Gasteiger charge is -1.98. The molecule has 0 rings (SSSR count). The summed E-state index contributed by atoms with van der Waals surface area (Å²) in [4.78, 5) is 0. The van der Waals surface area contributed by atoms with Crippen LogP contribution in [0.2, 0.25) is 0 Å². The maximum Gasteiger partial charge on any atom is 0.209 e. The zero-order chi connectivity index (χ0) is 7.49. The van der Waals surface area contributed by atoms with E-state index in [2.05, 4.69) is 0 Å². The minimum absolute atomic E-state index is 0. The van der Waals surface area contributed by atoms with Crippen LogP contribution in [0.5, 0.6) is 0 Å². The monoisotopic (exact) mass is 207 g/mol. The molecular weight excluding hydrogens is 197 g/mol. The van der Waals surface area contributed by atoms with Gasteiger partial charge in [-0.25, -0.2) is 13.6 Å². The first-order chi connectivity index (χ1) is 3.92. The minimum atomic E-state index is -3.30. The van der Waals surface area contributed by atoms with E-state index in [-0.39, 0.29) is 23.5 Å². The van der Waals surface area contributed by atoms with Crippen LogP contribution in [0.15, 0.2) is 0 Å². The smallest absolute Gasteiger partial charge is 0.209 e. The Morgan fingerprint density at radius 1 is 1.60 bits per heavy atom. The van der Waals surface area contributed by atoms with Crippen LogP contribution >= 0.6 is 24.0 Å². The Morgan fingerprint density at radius 3 is 2.10 bits per heavy atom. The topological polar surface area (TPSA) is 60.2 Å². The first-order valence-electron chi connectivity index (χ1n) is 2.56. The highest BCUT2D eigenvalue weighted by Gasteiger charge is 2.04. The van der Waals surface area contributed by atoms with Gasteiger partial charge >= 0.3 is 0 Å². The molecule has 0 aliphatic rings. The van der Waals surface area contributed by atoms with E-state index < -0.39 is 10.0 Å². The van der Waals surface area contributed by atoms with E-state index in [0.717, 1.165) is 0 Å². The highest BCUT2D eigenvalue weighted by atomic mass is 35.5. The van der Waals surface area contributed by atoms with Crippen LogP contribution in [-0.2, 0) is 10.0 Å². The highest BCUT2D eigenvalue weighted by molar-refractivity contribution is 7.89. The van der Waals surface area contributed by atoms with Crippen molar-refractivity contribution in [3.05, 3.63) is 0 Å². The van der Waals surface area contributed by atoms with Crippen molar-refractivity contribution in [1.82, 2.24) is 0 Å². The summed E-state index contributed by atoms with van der Waals surface area (Å²) in [6, 6.07) is 0. The average molecular weight is 208 g/mol. The second kappa shape index (κ2) is 5.18. The lowest BCUT2D eigenvalue weighted by atomic mass is 10.4. The van der Waals surface area contributed by atoms with Crippen LogP contribution in [0, 0.1) is 0 Å². The third-order valence-electron chi connectivity index (χ3n) is 0.800. The molecule has 0 aliphatic heterocycles. The molecule has 0 aromatic heterocycles. The average Bonchev–Trinajstić information content (AvgIpc) is 1.59. The lowest BCUT2D eigenvalue weighted by molar-refractivity contribution is 0.594. The first kappa shape index (κ1) is 13.1. The standard InChI is InChI=1S/C4H10ClNO2S.ClH/c1-4(5)2-3-9(6,7)8;/h4H,2-3H2,1H3,(H2,6,7,8);1H. The summed E-state index contributed by atoms with van der Waals surface area (Å²) in [5.74, 6) is -0.0301. The predicted molar refractivity (Wildman–Crippen MR) is 45.2 cm³/mol. The Labute approximate surface area is 72.4 Å². The van der Waals surface area contributed by atoms with Crippen molar-refractivity contribution in [2.24, 2.45) is 5.14 Å². The van der Waals surface area contributed by atoms with Gasteiger partial charge in [-0.1, -0.05) is 0 Å². The number of hydrogen-bond donors (Lipinski definition) is 1. The Morgan fingerprint density at radius 2 is 2.00 bits per heavy atom. The van der Waals surface area contributed by atoms with E-state index in [1.54, 1.807) is 6.92 Å². The molecule has 0 saturated carbocycles. The number of rotatable bonds is 3. The van der Waals surface area contributed by atoms with Crippen molar-refractivity contribution in [1.29, 1.82) is 0 Å². The normalized spacial score (nSPS) is 13.9. The summed E-state index contributed by atoms with van der Waals surface area (Å²) < 4.78 is 20.5. The zero-order valence-electron chi connectivity index (χ0n) is 5.58. The Hall–Kier alpha value is 0.490. The fraction of sp³-hybridized carbons (Fsp3) is 1.00. The number of alkyl halides is 1. The fourth-order valence-electron chi connectivity index (χ4n) is 0.327. The third kappa shape index (κ3) is 11.3. The molecular formula is C4H11Cl2NO2S. The van der Waals surface area contributed by atoms with E-state index in [9.17, 15) is 8.42 Å². The molecule has 0 spiro atoms. The largest absolute Gasteiger partial charge is 0.229 e. The maximum absolute atomic E-state index is 10.3. The first-order valence-corrected chi connectivity index (χ1v) is 4.71. The maximum atomic E-state index is 10.3. The second-order valence-electron chi connectivity index (χ2n) is 1.94. The molecule has 2 N–H and O–H groups in total. The van der Waals surface area contributed by atoms with Crippen LogP contribution in [-0.4, -0.2) is 19.5 Å². The van der Waals surface area contributed by atoms with Gasteiger partial charge in [-0.15, -0.1) is 24.0 Å². The minimum Gasteiger partial charge on any atom is -0.229 e. The number of nitrogens with two attached hydrogens (primary N) is 1. The SMILES string of the molecule is CC(Cl)CCS(N)(=O)=O.Cl. The summed E-state index contributed by atoms with van der Waals surface area (Å²) in [5.41, 5.74) is 0. The van der Waals surface area contributed by atoms with Crippen LogP contribution in [0.3, 0.4) is 0 Å². The van der Waals surface area contributed by atoms with Gasteiger partial charge in [0.1, 0.15) is 0 Å². The van der Waals surface area contributed by atoms with Crippen LogP contribution < -0.4 is 5.14 Å². The van der Waals surface area contributed by atoms with E-state index in [0.29, 0.717) is 6.42 Å². The summed E-state index contributed by atoms with van der Waals surface area (Å²) in [5, 5.41) is 4.58. The molecule has 0 bridgehead atoms. The summed E-state index contributed by atoms with van der Waals surface area (Å²) >= 11 is 5.46.